The molecule has 5 saturated heterocycles. The van der Waals surface area contributed by atoms with Crippen LogP contribution in [0.4, 0.5) is 0 Å². The van der Waals surface area contributed by atoms with Gasteiger partial charge in [-0.05, 0) is 92.8 Å². The molecule has 0 aromatic rings. The quantitative estimate of drug-likeness (QED) is 0.120. The van der Waals surface area contributed by atoms with Gasteiger partial charge in [0, 0.05) is 28.4 Å². The molecule has 9 fully saturated rings. The van der Waals surface area contributed by atoms with Gasteiger partial charge in [-0.2, -0.15) is 0 Å². The second kappa shape index (κ2) is 12.6. The Labute approximate surface area is 273 Å². The van der Waals surface area contributed by atoms with Gasteiger partial charge >= 0.3 is 0 Å². The van der Waals surface area contributed by atoms with E-state index < -0.39 is 6.04 Å². The topological polar surface area (TPSA) is 139 Å². The van der Waals surface area contributed by atoms with Gasteiger partial charge in [0.15, 0.2) is 0 Å². The van der Waals surface area contributed by atoms with Crippen LogP contribution < -0.4 is 42.5 Å². The first-order valence-corrected chi connectivity index (χ1v) is 18.3. The molecule has 4 aliphatic carbocycles. The van der Waals surface area contributed by atoms with E-state index in [0.717, 1.165) is 12.8 Å². The molecule has 17 unspecified atom stereocenters. The first kappa shape index (κ1) is 30.9. The van der Waals surface area contributed by atoms with Crippen LogP contribution in [0.3, 0.4) is 0 Å². The molecule has 9 rings (SSSR count). The second-order valence-electron chi connectivity index (χ2n) is 16.0. The van der Waals surface area contributed by atoms with Gasteiger partial charge in [-0.1, -0.05) is 38.5 Å². The number of rotatable bonds is 1. The van der Waals surface area contributed by atoms with E-state index in [4.69, 9.17) is 0 Å². The third kappa shape index (κ3) is 5.22. The van der Waals surface area contributed by atoms with E-state index >= 15 is 0 Å². The van der Waals surface area contributed by atoms with E-state index in [1.54, 1.807) is 0 Å². The zero-order valence-electron chi connectivity index (χ0n) is 26.0. The first-order chi connectivity index (χ1) is 21.1. The summed E-state index contributed by atoms with van der Waals surface area (Å²) in [5, 5.41) is 45.2. The third-order valence-electron chi connectivity index (χ3n) is 14.1. The molecule has 1 radical (unpaired) electrons. The Kier molecular flexibility index (Phi) is 8.82. The minimum absolute atomic E-state index is 0. The molecule has 0 spiro atoms. The fourth-order valence-electron chi connectivity index (χ4n) is 12.3. The van der Waals surface area contributed by atoms with E-state index in [9.17, 15) is 10.1 Å². The summed E-state index contributed by atoms with van der Waals surface area (Å²) in [6, 6.07) is -0.480. The maximum absolute atomic E-state index is 12.4. The fraction of sp³-hybridized carbons (Fsp3) is 1.00. The molecule has 0 aromatic heterocycles. The Morgan fingerprint density at radius 1 is 0.386 bits per heavy atom. The molecule has 0 aromatic carbocycles. The monoisotopic (exact) mass is 660 g/mol. The van der Waals surface area contributed by atoms with Crippen LogP contribution in [-0.4, -0.2) is 60.3 Å². The average Bonchev–Trinajstić information content (AvgIpc) is 3.76. The summed E-state index contributed by atoms with van der Waals surface area (Å²) < 4.78 is 0. The second-order valence-corrected chi connectivity index (χ2v) is 16.0. The molecule has 12 heteroatoms. The summed E-state index contributed by atoms with van der Waals surface area (Å²) in [5.41, 5.74) is 0. The Morgan fingerprint density at radius 2 is 0.659 bits per heavy atom. The van der Waals surface area contributed by atoms with Crippen molar-refractivity contribution in [3.8, 4) is 0 Å². The third-order valence-corrected chi connectivity index (χ3v) is 14.1. The fourth-order valence-corrected chi connectivity index (χ4v) is 12.3. The van der Waals surface area contributed by atoms with Crippen LogP contribution in [0.25, 0.3) is 0 Å². The van der Waals surface area contributed by atoms with Crippen molar-refractivity contribution in [2.24, 2.45) is 47.3 Å². The average molecular weight is 661 g/mol. The molecular weight excluding hydrogens is 606 g/mol. The molecule has 251 valence electrons. The van der Waals surface area contributed by atoms with E-state index in [0.29, 0.717) is 60.4 Å². The van der Waals surface area contributed by atoms with Crippen LogP contribution in [0, 0.1) is 57.5 Å². The summed E-state index contributed by atoms with van der Waals surface area (Å²) in [7, 11) is 0. The molecule has 44 heavy (non-hydrogen) atoms. The van der Waals surface area contributed by atoms with Crippen LogP contribution in [-0.2, 0) is 17.1 Å². The minimum atomic E-state index is -0.480. The smallest absolute Gasteiger partial charge is 0.219 e. The van der Waals surface area contributed by atoms with E-state index in [1.807, 2.05) is 0 Å². The number of hydrogen-bond donors (Lipinski definition) is 8. The number of nitrogens with one attached hydrogen (secondary N) is 8. The van der Waals surface area contributed by atoms with Crippen LogP contribution in [0.15, 0.2) is 0 Å². The van der Waals surface area contributed by atoms with Gasteiger partial charge < -0.3 is 0 Å². The Morgan fingerprint density at radius 3 is 0.977 bits per heavy atom. The van der Waals surface area contributed by atoms with Gasteiger partial charge in [0.05, 0.1) is 55.2 Å². The van der Waals surface area contributed by atoms with Gasteiger partial charge in [0.25, 0.3) is 0 Å². The number of hydrogen-bond acceptors (Lipinski definition) is 10. The summed E-state index contributed by atoms with van der Waals surface area (Å²) in [4.78, 5) is 12.5. The van der Waals surface area contributed by atoms with Crippen LogP contribution >= 0.6 is 0 Å². The normalized spacial score (nSPS) is 54.8. The van der Waals surface area contributed by atoms with E-state index in [-0.39, 0.29) is 64.7 Å². The van der Waals surface area contributed by atoms with Gasteiger partial charge in [0.1, 0.15) is 0 Å². The van der Waals surface area contributed by atoms with Crippen molar-refractivity contribution < 1.29 is 22.0 Å². The standard InChI is InChI=1S/C32H55N9O2.Cu/c42-41(43)23-15-7-14-22-24(23)32-39-30-21-13-6-5-12-20(21)28(37-30)35-26-17-9-2-1-8-16(17)25(33-26)34-27-18-10-3-4-11-19(18)29(36-27)38-31(22)40-32;/h16-40H,1-15H2;. The SMILES string of the molecule is O=[N+]([O-])C1CCCC2C3NC4NC(NC5NC(NC6NC(NC(N3)C21)C1CCCCC61)C1CCCCC51)C1CCCCC41.[Cu]. The molecule has 8 N–H and O–H groups in total. The molecule has 9 aliphatic rings. The van der Waals surface area contributed by atoms with E-state index in [1.165, 1.54) is 77.0 Å². The summed E-state index contributed by atoms with van der Waals surface area (Å²) in [6.07, 6.45) is 20.0. The predicted octanol–water partition coefficient (Wildman–Crippen LogP) is 1.86. The molecule has 5 heterocycles. The van der Waals surface area contributed by atoms with Crippen LogP contribution in [0.2, 0.25) is 0 Å². The largest absolute Gasteiger partial charge is 0.286 e. The zero-order chi connectivity index (χ0) is 28.7. The van der Waals surface area contributed by atoms with Crippen LogP contribution in [0.1, 0.15) is 96.3 Å². The van der Waals surface area contributed by atoms with Gasteiger partial charge in [-0.25, -0.2) is 0 Å². The molecule has 8 bridgehead atoms. The maximum atomic E-state index is 12.4. The summed E-state index contributed by atoms with van der Waals surface area (Å²) in [6.45, 7) is 0. The Balaban J connectivity index is 0.00000289. The number of nitro groups is 1. The molecule has 0 amide bonds. The van der Waals surface area contributed by atoms with Crippen molar-refractivity contribution in [2.45, 2.75) is 152 Å². The van der Waals surface area contributed by atoms with Crippen molar-refractivity contribution in [1.29, 1.82) is 0 Å². The Bertz CT molecular complexity index is 1060. The molecule has 4 saturated carbocycles. The van der Waals surface area contributed by atoms with Crippen molar-refractivity contribution in [3.63, 3.8) is 0 Å². The Hall–Kier alpha value is -0.401. The van der Waals surface area contributed by atoms with Gasteiger partial charge in [-0.3, -0.25) is 52.6 Å². The molecule has 5 aliphatic heterocycles. The van der Waals surface area contributed by atoms with Crippen molar-refractivity contribution in [3.05, 3.63) is 10.1 Å². The van der Waals surface area contributed by atoms with Crippen LogP contribution in [0.5, 0.6) is 0 Å². The van der Waals surface area contributed by atoms with Crippen molar-refractivity contribution in [1.82, 2.24) is 42.5 Å². The summed E-state index contributed by atoms with van der Waals surface area (Å²) >= 11 is 0. The van der Waals surface area contributed by atoms with Crippen molar-refractivity contribution >= 4 is 0 Å². The molecule has 11 nitrogen and oxygen atoms in total. The zero-order valence-corrected chi connectivity index (χ0v) is 26.9. The predicted molar refractivity (Wildman–Crippen MR) is 163 cm³/mol. The minimum Gasteiger partial charge on any atom is -0.286 e. The van der Waals surface area contributed by atoms with Crippen molar-refractivity contribution in [2.75, 3.05) is 0 Å². The van der Waals surface area contributed by atoms with Gasteiger partial charge in [-0.15, -0.1) is 0 Å². The summed E-state index contributed by atoms with van der Waals surface area (Å²) in [5.74, 6) is 4.00. The number of nitrogens with zero attached hydrogens (tertiary/aromatic N) is 1. The first-order valence-electron chi connectivity index (χ1n) is 18.3. The van der Waals surface area contributed by atoms with E-state index in [2.05, 4.69) is 42.5 Å². The number of fused-ring (bicyclic) bond motifs is 20. The molecular formula is C32H55CuN9O2. The molecule has 17 atom stereocenters. The van der Waals surface area contributed by atoms with Gasteiger partial charge in [0.2, 0.25) is 6.04 Å². The maximum Gasteiger partial charge on any atom is 0.219 e.